The first-order valence-corrected chi connectivity index (χ1v) is 12.2. The van der Waals surface area contributed by atoms with Gasteiger partial charge >= 0.3 is 5.97 Å². The Kier molecular flexibility index (Phi) is 10.5. The van der Waals surface area contributed by atoms with Gasteiger partial charge in [0.2, 0.25) is 0 Å². The molecule has 3 rings (SSSR count). The molecule has 0 unspecified atom stereocenters. The highest BCUT2D eigenvalue weighted by atomic mass is 16.5. The molecule has 0 atom stereocenters. The van der Waals surface area contributed by atoms with Crippen LogP contribution in [0, 0.1) is 0 Å². The summed E-state index contributed by atoms with van der Waals surface area (Å²) in [5.41, 5.74) is 4.16. The molecule has 0 saturated heterocycles. The molecular formula is C29H32N2O5. The van der Waals surface area contributed by atoms with Crippen LogP contribution in [0.2, 0.25) is 0 Å². The third-order valence-corrected chi connectivity index (χ3v) is 5.21. The second-order valence-corrected chi connectivity index (χ2v) is 8.11. The number of carbonyl (C=O) groups is 2. The molecule has 0 aromatic heterocycles. The smallest absolute Gasteiger partial charge is 0.343 e. The quantitative estimate of drug-likeness (QED) is 0.104. The van der Waals surface area contributed by atoms with E-state index in [0.717, 1.165) is 42.7 Å². The van der Waals surface area contributed by atoms with E-state index in [1.165, 1.54) is 6.21 Å². The Bertz CT molecular complexity index is 1120. The molecule has 0 bridgehead atoms. The van der Waals surface area contributed by atoms with Crippen molar-refractivity contribution in [1.29, 1.82) is 0 Å². The predicted octanol–water partition coefficient (Wildman–Crippen LogP) is 6.03. The van der Waals surface area contributed by atoms with Gasteiger partial charge in [-0.15, -0.1) is 0 Å². The number of esters is 1. The molecule has 3 aromatic rings. The van der Waals surface area contributed by atoms with E-state index in [1.54, 1.807) is 72.8 Å². The molecular weight excluding hydrogens is 456 g/mol. The maximum atomic E-state index is 12.4. The van der Waals surface area contributed by atoms with Gasteiger partial charge < -0.3 is 14.2 Å². The second-order valence-electron chi connectivity index (χ2n) is 8.11. The summed E-state index contributed by atoms with van der Waals surface area (Å²) in [5.74, 6) is 1.09. The number of amides is 1. The first-order chi connectivity index (χ1) is 17.6. The van der Waals surface area contributed by atoms with Crippen molar-refractivity contribution >= 4 is 18.1 Å². The van der Waals surface area contributed by atoms with E-state index in [1.807, 2.05) is 0 Å². The average molecular weight is 489 g/mol. The number of hydrogen-bond donors (Lipinski definition) is 1. The van der Waals surface area contributed by atoms with Crippen LogP contribution in [-0.4, -0.2) is 31.3 Å². The average Bonchev–Trinajstić information content (AvgIpc) is 2.90. The van der Waals surface area contributed by atoms with E-state index in [-0.39, 0.29) is 5.91 Å². The van der Waals surface area contributed by atoms with Gasteiger partial charge in [0.25, 0.3) is 5.91 Å². The fraction of sp³-hybridized carbons (Fsp3) is 0.276. The summed E-state index contributed by atoms with van der Waals surface area (Å²) >= 11 is 0. The Morgan fingerprint density at radius 1 is 0.722 bits per heavy atom. The van der Waals surface area contributed by atoms with Crippen LogP contribution < -0.4 is 19.6 Å². The van der Waals surface area contributed by atoms with E-state index in [0.29, 0.717) is 30.1 Å². The topological polar surface area (TPSA) is 86.2 Å². The molecule has 0 radical (unpaired) electrons. The van der Waals surface area contributed by atoms with Gasteiger partial charge in [0.05, 0.1) is 25.0 Å². The van der Waals surface area contributed by atoms with E-state index in [4.69, 9.17) is 14.2 Å². The van der Waals surface area contributed by atoms with Crippen LogP contribution in [-0.2, 0) is 0 Å². The van der Waals surface area contributed by atoms with Crippen molar-refractivity contribution in [3.63, 3.8) is 0 Å². The Morgan fingerprint density at radius 2 is 1.22 bits per heavy atom. The lowest BCUT2D eigenvalue weighted by Crippen LogP contribution is -2.17. The minimum Gasteiger partial charge on any atom is -0.494 e. The zero-order valence-electron chi connectivity index (χ0n) is 20.7. The molecule has 1 amide bonds. The van der Waals surface area contributed by atoms with Gasteiger partial charge in [-0.3, -0.25) is 4.79 Å². The molecule has 0 aliphatic carbocycles. The first kappa shape index (κ1) is 26.5. The number of benzene rings is 3. The van der Waals surface area contributed by atoms with Gasteiger partial charge in [-0.2, -0.15) is 5.10 Å². The standard InChI is InChI=1S/C29H32N2O5/c1-3-5-19-34-25-15-9-23(10-16-25)28(32)31-30-21-22-7-13-27(14-8-22)36-29(33)24-11-17-26(18-12-24)35-20-6-4-2/h7-18,21H,3-6,19-20H2,1-2H3,(H,31,32)/b30-21-. The lowest BCUT2D eigenvalue weighted by atomic mass is 10.2. The molecule has 188 valence electrons. The summed E-state index contributed by atoms with van der Waals surface area (Å²) in [5, 5.41) is 4.00. The summed E-state index contributed by atoms with van der Waals surface area (Å²) < 4.78 is 16.6. The van der Waals surface area contributed by atoms with Gasteiger partial charge in [-0.25, -0.2) is 10.2 Å². The van der Waals surface area contributed by atoms with Gasteiger partial charge in [0.15, 0.2) is 0 Å². The molecule has 1 N–H and O–H groups in total. The monoisotopic (exact) mass is 488 g/mol. The molecule has 0 aliphatic rings. The summed E-state index contributed by atoms with van der Waals surface area (Å²) in [6.07, 6.45) is 5.62. The van der Waals surface area contributed by atoms with Crippen LogP contribution >= 0.6 is 0 Å². The zero-order valence-corrected chi connectivity index (χ0v) is 20.7. The molecule has 36 heavy (non-hydrogen) atoms. The summed E-state index contributed by atoms with van der Waals surface area (Å²) in [4.78, 5) is 24.7. The third kappa shape index (κ3) is 8.58. The minimum absolute atomic E-state index is 0.321. The number of nitrogens with one attached hydrogen (secondary N) is 1. The van der Waals surface area contributed by atoms with E-state index in [9.17, 15) is 9.59 Å². The summed E-state index contributed by atoms with van der Waals surface area (Å²) in [6, 6.07) is 20.6. The van der Waals surface area contributed by atoms with Crippen molar-refractivity contribution < 1.29 is 23.8 Å². The Morgan fingerprint density at radius 3 is 1.75 bits per heavy atom. The van der Waals surface area contributed by atoms with Crippen molar-refractivity contribution in [3.8, 4) is 17.2 Å². The fourth-order valence-corrected chi connectivity index (χ4v) is 3.08. The normalized spacial score (nSPS) is 10.7. The Labute approximate surface area is 212 Å². The number of rotatable bonds is 13. The highest BCUT2D eigenvalue weighted by Crippen LogP contribution is 2.17. The molecule has 7 nitrogen and oxygen atoms in total. The van der Waals surface area contributed by atoms with Crippen LogP contribution in [0.1, 0.15) is 65.8 Å². The molecule has 0 aliphatic heterocycles. The van der Waals surface area contributed by atoms with Crippen LogP contribution in [0.5, 0.6) is 17.2 Å². The predicted molar refractivity (Wildman–Crippen MR) is 140 cm³/mol. The minimum atomic E-state index is -0.453. The van der Waals surface area contributed by atoms with Gasteiger partial charge in [-0.1, -0.05) is 26.7 Å². The molecule has 7 heteroatoms. The van der Waals surface area contributed by atoms with Gasteiger partial charge in [-0.05, 0) is 91.2 Å². The molecule has 0 spiro atoms. The lowest BCUT2D eigenvalue weighted by Gasteiger charge is -2.07. The maximum absolute atomic E-state index is 12.4. The Hall–Kier alpha value is -4.13. The van der Waals surface area contributed by atoms with Crippen LogP contribution in [0.4, 0.5) is 0 Å². The van der Waals surface area contributed by atoms with Crippen molar-refractivity contribution in [3.05, 3.63) is 89.5 Å². The highest BCUT2D eigenvalue weighted by Gasteiger charge is 2.09. The molecule has 0 fully saturated rings. The largest absolute Gasteiger partial charge is 0.494 e. The number of hydrogen-bond acceptors (Lipinski definition) is 6. The van der Waals surface area contributed by atoms with Crippen molar-refractivity contribution in [2.75, 3.05) is 13.2 Å². The first-order valence-electron chi connectivity index (χ1n) is 12.2. The van der Waals surface area contributed by atoms with Crippen molar-refractivity contribution in [1.82, 2.24) is 5.43 Å². The van der Waals surface area contributed by atoms with E-state index in [2.05, 4.69) is 24.4 Å². The van der Waals surface area contributed by atoms with Crippen LogP contribution in [0.25, 0.3) is 0 Å². The number of carbonyl (C=O) groups excluding carboxylic acids is 2. The zero-order chi connectivity index (χ0) is 25.6. The maximum Gasteiger partial charge on any atom is 0.343 e. The molecule has 3 aromatic carbocycles. The van der Waals surface area contributed by atoms with E-state index >= 15 is 0 Å². The van der Waals surface area contributed by atoms with E-state index < -0.39 is 5.97 Å². The highest BCUT2D eigenvalue weighted by molar-refractivity contribution is 5.95. The number of unbranched alkanes of at least 4 members (excludes halogenated alkanes) is 2. The molecule has 0 heterocycles. The lowest BCUT2D eigenvalue weighted by molar-refractivity contribution is 0.0734. The fourth-order valence-electron chi connectivity index (χ4n) is 3.08. The number of nitrogens with zero attached hydrogens (tertiary/aromatic N) is 1. The van der Waals surface area contributed by atoms with Crippen LogP contribution in [0.15, 0.2) is 77.9 Å². The van der Waals surface area contributed by atoms with Gasteiger partial charge in [0, 0.05) is 5.56 Å². The number of ether oxygens (including phenoxy) is 3. The number of hydrazone groups is 1. The van der Waals surface area contributed by atoms with Crippen LogP contribution in [0.3, 0.4) is 0 Å². The summed E-state index contributed by atoms with van der Waals surface area (Å²) in [7, 11) is 0. The third-order valence-electron chi connectivity index (χ3n) is 5.21. The second kappa shape index (κ2) is 14.3. The molecule has 0 saturated carbocycles. The summed E-state index contributed by atoms with van der Waals surface area (Å²) in [6.45, 7) is 5.52. The Balaban J connectivity index is 1.46. The van der Waals surface area contributed by atoms with Gasteiger partial charge in [0.1, 0.15) is 17.2 Å². The van der Waals surface area contributed by atoms with Crippen molar-refractivity contribution in [2.24, 2.45) is 5.10 Å². The SMILES string of the molecule is CCCCOc1ccc(C(=O)N/N=C\c2ccc(OC(=O)c3ccc(OCCCC)cc3)cc2)cc1. The van der Waals surface area contributed by atoms with Crippen molar-refractivity contribution in [2.45, 2.75) is 39.5 Å².